The Morgan fingerprint density at radius 3 is 2.35 bits per heavy atom. The van der Waals surface area contributed by atoms with Crippen molar-refractivity contribution in [2.24, 2.45) is 0 Å². The first-order valence-corrected chi connectivity index (χ1v) is 6.02. The average molecular weight is 276 g/mol. The molecule has 0 fully saturated rings. The zero-order valence-corrected chi connectivity index (χ0v) is 11.2. The maximum Gasteiger partial charge on any atom is 0.258 e. The highest BCUT2D eigenvalue weighted by atomic mass is 19.1. The van der Waals surface area contributed by atoms with Crippen molar-refractivity contribution in [3.8, 4) is 0 Å². The fourth-order valence-electron chi connectivity index (χ4n) is 1.79. The molecule has 104 valence electrons. The molecule has 0 radical (unpaired) electrons. The zero-order valence-electron chi connectivity index (χ0n) is 11.2. The Morgan fingerprint density at radius 1 is 1.05 bits per heavy atom. The molecule has 0 heterocycles. The lowest BCUT2D eigenvalue weighted by molar-refractivity contribution is 0.102. The molecule has 0 aliphatic heterocycles. The van der Waals surface area contributed by atoms with E-state index in [2.05, 4.69) is 5.32 Å². The predicted molar refractivity (Wildman–Crippen MR) is 75.1 cm³/mol. The lowest BCUT2D eigenvalue weighted by atomic mass is 10.2. The molecule has 3 nitrogen and oxygen atoms in total. The third-order valence-electron chi connectivity index (χ3n) is 2.81. The molecule has 0 aliphatic carbocycles. The van der Waals surface area contributed by atoms with Crippen molar-refractivity contribution >= 4 is 17.3 Å². The van der Waals surface area contributed by atoms with Gasteiger partial charge in [0.2, 0.25) is 0 Å². The molecule has 0 saturated carbocycles. The van der Waals surface area contributed by atoms with E-state index >= 15 is 0 Å². The van der Waals surface area contributed by atoms with Crippen molar-refractivity contribution in [3.63, 3.8) is 0 Å². The van der Waals surface area contributed by atoms with Crippen molar-refractivity contribution in [2.75, 3.05) is 24.3 Å². The number of nitrogens with zero attached hydrogens (tertiary/aromatic N) is 1. The van der Waals surface area contributed by atoms with Crippen molar-refractivity contribution in [3.05, 3.63) is 59.7 Å². The van der Waals surface area contributed by atoms with Crippen LogP contribution >= 0.6 is 0 Å². The van der Waals surface area contributed by atoms with E-state index in [1.165, 1.54) is 24.3 Å². The Morgan fingerprint density at radius 2 is 1.75 bits per heavy atom. The molecule has 0 bridgehead atoms. The van der Waals surface area contributed by atoms with E-state index in [4.69, 9.17) is 0 Å². The lowest BCUT2D eigenvalue weighted by Gasteiger charge is -2.14. The molecule has 0 atom stereocenters. The molecule has 2 aromatic rings. The van der Waals surface area contributed by atoms with Gasteiger partial charge in [0.1, 0.15) is 11.6 Å². The molecule has 0 aliphatic rings. The quantitative estimate of drug-likeness (QED) is 0.933. The summed E-state index contributed by atoms with van der Waals surface area (Å²) >= 11 is 0. The molecule has 20 heavy (non-hydrogen) atoms. The number of carbonyl (C=O) groups is 1. The van der Waals surface area contributed by atoms with Gasteiger partial charge >= 0.3 is 0 Å². The number of rotatable bonds is 3. The van der Waals surface area contributed by atoms with Gasteiger partial charge in [-0.25, -0.2) is 8.78 Å². The van der Waals surface area contributed by atoms with Gasteiger partial charge in [-0.05, 0) is 30.3 Å². The second-order valence-electron chi connectivity index (χ2n) is 4.49. The Bertz CT molecular complexity index is 642. The summed E-state index contributed by atoms with van der Waals surface area (Å²) in [5, 5.41) is 2.47. The van der Waals surface area contributed by atoms with Crippen LogP contribution in [0.4, 0.5) is 20.2 Å². The normalized spacial score (nSPS) is 10.2. The number of halogens is 2. The molecule has 1 amide bonds. The van der Waals surface area contributed by atoms with Crippen LogP contribution in [0.5, 0.6) is 0 Å². The highest BCUT2D eigenvalue weighted by molar-refractivity contribution is 6.04. The highest BCUT2D eigenvalue weighted by Gasteiger charge is 2.12. The van der Waals surface area contributed by atoms with Crippen molar-refractivity contribution in [1.82, 2.24) is 0 Å². The SMILES string of the molecule is CN(C)c1ccc(NC(=O)c2ccccc2F)cc1F. The number of hydrogen-bond donors (Lipinski definition) is 1. The molecule has 2 rings (SSSR count). The van der Waals surface area contributed by atoms with Gasteiger partial charge < -0.3 is 10.2 Å². The summed E-state index contributed by atoms with van der Waals surface area (Å²) < 4.78 is 27.2. The van der Waals surface area contributed by atoms with Crippen LogP contribution in [-0.4, -0.2) is 20.0 Å². The number of carbonyl (C=O) groups excluding carboxylic acids is 1. The predicted octanol–water partition coefficient (Wildman–Crippen LogP) is 3.28. The van der Waals surface area contributed by atoms with Crippen LogP contribution in [0.2, 0.25) is 0 Å². The van der Waals surface area contributed by atoms with Gasteiger partial charge in [0.05, 0.1) is 11.3 Å². The minimum absolute atomic E-state index is 0.0791. The van der Waals surface area contributed by atoms with Crippen LogP contribution in [0.25, 0.3) is 0 Å². The summed E-state index contributed by atoms with van der Waals surface area (Å²) in [7, 11) is 3.44. The standard InChI is InChI=1S/C15H14F2N2O/c1-19(2)14-8-7-10(9-13(14)17)18-15(20)11-5-3-4-6-12(11)16/h3-9H,1-2H3,(H,18,20). The van der Waals surface area contributed by atoms with E-state index in [-0.39, 0.29) is 11.3 Å². The fourth-order valence-corrected chi connectivity index (χ4v) is 1.79. The summed E-state index contributed by atoms with van der Waals surface area (Å²) in [6.45, 7) is 0. The number of amides is 1. The minimum atomic E-state index is -0.615. The molecule has 0 unspecified atom stereocenters. The zero-order chi connectivity index (χ0) is 14.7. The summed E-state index contributed by atoms with van der Waals surface area (Å²) in [4.78, 5) is 13.5. The molecular formula is C15H14F2N2O. The number of nitrogens with one attached hydrogen (secondary N) is 1. The second-order valence-corrected chi connectivity index (χ2v) is 4.49. The van der Waals surface area contributed by atoms with Crippen LogP contribution in [0.1, 0.15) is 10.4 Å². The van der Waals surface area contributed by atoms with E-state index in [9.17, 15) is 13.6 Å². The average Bonchev–Trinajstić information content (AvgIpc) is 2.38. The highest BCUT2D eigenvalue weighted by Crippen LogP contribution is 2.21. The van der Waals surface area contributed by atoms with Crippen LogP contribution in [0, 0.1) is 11.6 Å². The summed E-state index contributed by atoms with van der Waals surface area (Å²) in [6, 6.07) is 9.95. The summed E-state index contributed by atoms with van der Waals surface area (Å²) in [5.74, 6) is -1.68. The van der Waals surface area contributed by atoms with Gasteiger partial charge in [-0.1, -0.05) is 12.1 Å². The molecule has 0 aromatic heterocycles. The molecule has 1 N–H and O–H groups in total. The first-order chi connectivity index (χ1) is 9.49. The van der Waals surface area contributed by atoms with E-state index in [0.717, 1.165) is 0 Å². The summed E-state index contributed by atoms with van der Waals surface area (Å²) in [5.41, 5.74) is 0.611. The Labute approximate surface area is 115 Å². The molecule has 0 spiro atoms. The van der Waals surface area contributed by atoms with Crippen LogP contribution in [0.15, 0.2) is 42.5 Å². The largest absolute Gasteiger partial charge is 0.375 e. The maximum atomic E-state index is 13.8. The van der Waals surface area contributed by atoms with Gasteiger partial charge in [-0.3, -0.25) is 4.79 Å². The topological polar surface area (TPSA) is 32.3 Å². The molecule has 0 saturated heterocycles. The van der Waals surface area contributed by atoms with E-state index in [0.29, 0.717) is 5.69 Å². The second kappa shape index (κ2) is 5.69. The van der Waals surface area contributed by atoms with Crippen molar-refractivity contribution < 1.29 is 13.6 Å². The van der Waals surface area contributed by atoms with Crippen LogP contribution in [-0.2, 0) is 0 Å². The molecule has 5 heteroatoms. The van der Waals surface area contributed by atoms with Crippen LogP contribution in [0.3, 0.4) is 0 Å². The fraction of sp³-hybridized carbons (Fsp3) is 0.133. The Hall–Kier alpha value is -2.43. The minimum Gasteiger partial charge on any atom is -0.375 e. The number of benzene rings is 2. The van der Waals surface area contributed by atoms with Gasteiger partial charge in [-0.2, -0.15) is 0 Å². The van der Waals surface area contributed by atoms with E-state index in [1.807, 2.05) is 0 Å². The Balaban J connectivity index is 2.21. The molecular weight excluding hydrogens is 262 g/mol. The van der Waals surface area contributed by atoms with E-state index < -0.39 is 17.5 Å². The van der Waals surface area contributed by atoms with E-state index in [1.54, 1.807) is 37.2 Å². The monoisotopic (exact) mass is 276 g/mol. The Kier molecular flexibility index (Phi) is 3.98. The first kappa shape index (κ1) is 14.0. The molecule has 2 aromatic carbocycles. The third-order valence-corrected chi connectivity index (χ3v) is 2.81. The first-order valence-electron chi connectivity index (χ1n) is 6.02. The van der Waals surface area contributed by atoms with Gasteiger partial charge in [-0.15, -0.1) is 0 Å². The number of hydrogen-bond acceptors (Lipinski definition) is 2. The van der Waals surface area contributed by atoms with Crippen molar-refractivity contribution in [1.29, 1.82) is 0 Å². The van der Waals surface area contributed by atoms with Gasteiger partial charge in [0.15, 0.2) is 0 Å². The maximum absolute atomic E-state index is 13.8. The third kappa shape index (κ3) is 2.93. The van der Waals surface area contributed by atoms with Crippen LogP contribution < -0.4 is 10.2 Å². The lowest BCUT2D eigenvalue weighted by Crippen LogP contribution is -2.15. The van der Waals surface area contributed by atoms with Gasteiger partial charge in [0.25, 0.3) is 5.91 Å². The number of anilines is 2. The van der Waals surface area contributed by atoms with Gasteiger partial charge in [0, 0.05) is 19.8 Å². The smallest absolute Gasteiger partial charge is 0.258 e. The van der Waals surface area contributed by atoms with Crippen molar-refractivity contribution in [2.45, 2.75) is 0 Å². The summed E-state index contributed by atoms with van der Waals surface area (Å²) in [6.07, 6.45) is 0.